The zero-order chi connectivity index (χ0) is 8.12. The van der Waals surface area contributed by atoms with Gasteiger partial charge in [0.05, 0.1) is 0 Å². The van der Waals surface area contributed by atoms with E-state index in [1.54, 1.807) is 18.2 Å². The summed E-state index contributed by atoms with van der Waals surface area (Å²) in [5.41, 5.74) is 0. The van der Waals surface area contributed by atoms with Crippen molar-refractivity contribution in [2.45, 2.75) is 20.8 Å². The maximum atomic E-state index is 3.36. The maximum Gasteiger partial charge on any atom is -0.0473 e. The van der Waals surface area contributed by atoms with Crippen molar-refractivity contribution in [2.75, 3.05) is 0 Å². The summed E-state index contributed by atoms with van der Waals surface area (Å²) in [6.07, 6.45) is 5.25. The van der Waals surface area contributed by atoms with Crippen LogP contribution in [0.3, 0.4) is 0 Å². The minimum absolute atomic E-state index is 1.75. The molecule has 0 spiro atoms. The van der Waals surface area contributed by atoms with Gasteiger partial charge in [-0.3, -0.25) is 0 Å². The molecule has 0 bridgehead atoms. The molecule has 0 aromatic rings. The summed E-state index contributed by atoms with van der Waals surface area (Å²) in [4.78, 5) is 0. The summed E-state index contributed by atoms with van der Waals surface area (Å²) in [6, 6.07) is 0. The Labute approximate surface area is 59.6 Å². The Kier molecular flexibility index (Phi) is 99.0. The highest BCUT2D eigenvalue weighted by atomic mass is 13.2. The van der Waals surface area contributed by atoms with Gasteiger partial charge in [0, 0.05) is 0 Å². The van der Waals surface area contributed by atoms with E-state index in [0.29, 0.717) is 0 Å². The molecule has 0 saturated heterocycles. The predicted molar refractivity (Wildman–Crippen MR) is 47.6 cm³/mol. The average molecular weight is 126 g/mol. The summed E-state index contributed by atoms with van der Waals surface area (Å²) < 4.78 is 0. The van der Waals surface area contributed by atoms with Crippen LogP contribution in [0.1, 0.15) is 20.8 Å². The van der Waals surface area contributed by atoms with Crippen molar-refractivity contribution >= 4 is 0 Å². The van der Waals surface area contributed by atoms with Crippen LogP contribution in [0.4, 0.5) is 0 Å². The molecule has 0 saturated carbocycles. The van der Waals surface area contributed by atoms with Gasteiger partial charge in [0.25, 0.3) is 0 Å². The van der Waals surface area contributed by atoms with E-state index in [1.807, 2.05) is 20.8 Å². The third-order valence-corrected chi connectivity index (χ3v) is 0. The topological polar surface area (TPSA) is 0 Å². The first kappa shape index (κ1) is 15.7. The highest BCUT2D eigenvalue weighted by Gasteiger charge is 1.15. The Hall–Kier alpha value is -0.780. The van der Waals surface area contributed by atoms with Gasteiger partial charge < -0.3 is 0 Å². The van der Waals surface area contributed by atoms with Crippen LogP contribution >= 0.6 is 0 Å². The van der Waals surface area contributed by atoms with Gasteiger partial charge in [-0.25, -0.2) is 0 Å². The van der Waals surface area contributed by atoms with Crippen molar-refractivity contribution in [1.29, 1.82) is 0 Å². The van der Waals surface area contributed by atoms with Crippen LogP contribution < -0.4 is 0 Å². The molecule has 0 aromatic carbocycles. The smallest absolute Gasteiger partial charge is 0.0473 e. The van der Waals surface area contributed by atoms with Crippen LogP contribution in [0.2, 0.25) is 0 Å². The third kappa shape index (κ3) is 323. The second-order valence-electron chi connectivity index (χ2n) is 1.22. The van der Waals surface area contributed by atoms with Crippen molar-refractivity contribution in [2.24, 2.45) is 0 Å². The third-order valence-electron chi connectivity index (χ3n) is 0. The van der Waals surface area contributed by atoms with Crippen LogP contribution in [0.5, 0.6) is 0 Å². The van der Waals surface area contributed by atoms with Gasteiger partial charge in [-0.2, -0.15) is 0 Å². The second-order valence-corrected chi connectivity index (χ2v) is 1.22. The highest BCUT2D eigenvalue weighted by molar-refractivity contribution is 4.52. The molecule has 0 aromatic heterocycles. The molecule has 0 heterocycles. The number of rotatable bonds is 0. The van der Waals surface area contributed by atoms with Crippen LogP contribution in [0.15, 0.2) is 38.0 Å². The molecule has 0 rings (SSSR count). The summed E-state index contributed by atoms with van der Waals surface area (Å²) in [5, 5.41) is 0. The normalized spacial score (nSPS) is 4.33. The van der Waals surface area contributed by atoms with E-state index in [4.69, 9.17) is 0 Å². The van der Waals surface area contributed by atoms with Crippen LogP contribution in [0, 0.1) is 0 Å². The average Bonchev–Trinajstić information content (AvgIpc) is 1.70. The molecule has 0 radical (unpaired) electrons. The van der Waals surface area contributed by atoms with Gasteiger partial charge in [0.2, 0.25) is 0 Å². The zero-order valence-electron chi connectivity index (χ0n) is 6.85. The molecular weight excluding hydrogens is 108 g/mol. The Bertz CT molecular complexity index is 36.8. The molecular formula is C9H18. The Morgan fingerprint density at radius 3 is 0.667 bits per heavy atom. The molecule has 0 fully saturated rings. The standard InChI is InChI=1S/3C3H6/c3*1-3-2/h3*3H,1H2,2H3. The fourth-order valence-electron chi connectivity index (χ4n) is 0. The maximum absolute atomic E-state index is 3.36. The van der Waals surface area contributed by atoms with E-state index in [1.165, 1.54) is 0 Å². The lowest BCUT2D eigenvalue weighted by molar-refractivity contribution is 1.80. The van der Waals surface area contributed by atoms with E-state index >= 15 is 0 Å². The molecule has 0 nitrogen and oxygen atoms in total. The first-order chi connectivity index (χ1) is 4.24. The summed E-state index contributed by atoms with van der Waals surface area (Å²) in [6.45, 7) is 15.8. The van der Waals surface area contributed by atoms with Crippen molar-refractivity contribution in [3.63, 3.8) is 0 Å². The molecule has 9 heavy (non-hydrogen) atoms. The quantitative estimate of drug-likeness (QED) is 0.435. The van der Waals surface area contributed by atoms with Crippen molar-refractivity contribution in [3.05, 3.63) is 38.0 Å². The Balaban J connectivity index is -0.0000000600. The lowest BCUT2D eigenvalue weighted by Gasteiger charge is -1.31. The van der Waals surface area contributed by atoms with Crippen LogP contribution in [-0.4, -0.2) is 0 Å². The fraction of sp³-hybridized carbons (Fsp3) is 0.333. The molecule has 0 aliphatic heterocycles. The minimum Gasteiger partial charge on any atom is -0.103 e. The van der Waals surface area contributed by atoms with Crippen molar-refractivity contribution in [3.8, 4) is 0 Å². The van der Waals surface area contributed by atoms with Crippen molar-refractivity contribution in [1.82, 2.24) is 0 Å². The molecule has 0 N–H and O–H groups in total. The summed E-state index contributed by atoms with van der Waals surface area (Å²) in [5.74, 6) is 0. The van der Waals surface area contributed by atoms with Gasteiger partial charge in [-0.05, 0) is 20.8 Å². The van der Waals surface area contributed by atoms with Gasteiger partial charge in [0.1, 0.15) is 0 Å². The SMILES string of the molecule is C=CC.C=CC.C=CC. The monoisotopic (exact) mass is 126 g/mol. The van der Waals surface area contributed by atoms with Gasteiger partial charge in [-0.1, -0.05) is 18.2 Å². The Morgan fingerprint density at radius 1 is 0.667 bits per heavy atom. The summed E-state index contributed by atoms with van der Waals surface area (Å²) >= 11 is 0. The minimum atomic E-state index is 1.75. The number of hydrogen-bond donors (Lipinski definition) is 0. The molecule has 0 aliphatic carbocycles. The van der Waals surface area contributed by atoms with E-state index < -0.39 is 0 Å². The molecule has 0 atom stereocenters. The number of allylic oxidation sites excluding steroid dienone is 3. The zero-order valence-corrected chi connectivity index (χ0v) is 6.85. The molecule has 0 heteroatoms. The molecule has 54 valence electrons. The summed E-state index contributed by atoms with van der Waals surface area (Å²) in [7, 11) is 0. The number of hydrogen-bond acceptors (Lipinski definition) is 0. The lowest BCUT2D eigenvalue weighted by Crippen LogP contribution is -1.07. The predicted octanol–water partition coefficient (Wildman–Crippen LogP) is 3.58. The molecule has 0 aliphatic rings. The lowest BCUT2D eigenvalue weighted by atomic mass is 10.8. The van der Waals surface area contributed by atoms with Crippen LogP contribution in [-0.2, 0) is 0 Å². The fourth-order valence-corrected chi connectivity index (χ4v) is 0. The Morgan fingerprint density at radius 2 is 0.667 bits per heavy atom. The highest BCUT2D eigenvalue weighted by Crippen LogP contribution is 1.38. The van der Waals surface area contributed by atoms with Gasteiger partial charge >= 0.3 is 0 Å². The van der Waals surface area contributed by atoms with E-state index in [9.17, 15) is 0 Å². The van der Waals surface area contributed by atoms with Gasteiger partial charge in [-0.15, -0.1) is 19.7 Å². The van der Waals surface area contributed by atoms with Crippen LogP contribution in [0.25, 0.3) is 0 Å². The first-order valence-corrected chi connectivity index (χ1v) is 2.96. The molecule has 0 unspecified atom stereocenters. The van der Waals surface area contributed by atoms with Gasteiger partial charge in [0.15, 0.2) is 0 Å². The molecule has 0 amide bonds. The van der Waals surface area contributed by atoms with E-state index in [2.05, 4.69) is 19.7 Å². The second kappa shape index (κ2) is 56.7. The largest absolute Gasteiger partial charge is 0.103 e. The van der Waals surface area contributed by atoms with Crippen molar-refractivity contribution < 1.29 is 0 Å². The first-order valence-electron chi connectivity index (χ1n) is 2.96. The van der Waals surface area contributed by atoms with E-state index in [0.717, 1.165) is 0 Å². The van der Waals surface area contributed by atoms with E-state index in [-0.39, 0.29) is 0 Å².